The Bertz CT molecular complexity index is 434. The lowest BCUT2D eigenvalue weighted by Crippen LogP contribution is -2.04. The number of hydrogen-bond donors (Lipinski definition) is 1. The minimum absolute atomic E-state index is 0.239. The van der Waals surface area contributed by atoms with Gasteiger partial charge in [0.2, 0.25) is 10.9 Å². The molecule has 7 nitrogen and oxygen atoms in total. The molecule has 1 N–H and O–H groups in total. The molecule has 80 valence electrons. The number of aromatic carboxylic acids is 1. The number of carbonyl (C=O) groups is 1. The zero-order valence-corrected chi connectivity index (χ0v) is 8.19. The van der Waals surface area contributed by atoms with Gasteiger partial charge in [-0.15, -0.1) is 0 Å². The standard InChI is InChI=1S/C7H5ClN2O5/c1-15-4-2-3(7(11)12)9-6(8)5(4)10(13)14/h2H,1H3,(H,11,12). The zero-order valence-electron chi connectivity index (χ0n) is 7.43. The molecule has 8 heteroatoms. The van der Waals surface area contributed by atoms with Crippen LogP contribution in [0.4, 0.5) is 5.69 Å². The molecular weight excluding hydrogens is 228 g/mol. The Kier molecular flexibility index (Phi) is 3.05. The van der Waals surface area contributed by atoms with Crippen molar-refractivity contribution in [1.82, 2.24) is 4.98 Å². The summed E-state index contributed by atoms with van der Waals surface area (Å²) in [5.41, 5.74) is -0.966. The van der Waals surface area contributed by atoms with Gasteiger partial charge < -0.3 is 9.84 Å². The van der Waals surface area contributed by atoms with E-state index in [1.165, 1.54) is 7.11 Å². The summed E-state index contributed by atoms with van der Waals surface area (Å²) in [4.78, 5) is 23.6. The van der Waals surface area contributed by atoms with Crippen molar-refractivity contribution in [3.8, 4) is 5.75 Å². The average Bonchev–Trinajstić information content (AvgIpc) is 2.15. The maximum absolute atomic E-state index is 10.6. The van der Waals surface area contributed by atoms with Crippen LogP contribution in [-0.2, 0) is 0 Å². The van der Waals surface area contributed by atoms with Gasteiger partial charge in [0.05, 0.1) is 12.0 Å². The molecule has 0 atom stereocenters. The van der Waals surface area contributed by atoms with Gasteiger partial charge in [0.25, 0.3) is 0 Å². The largest absolute Gasteiger partial charge is 0.490 e. The first kappa shape index (κ1) is 11.2. The number of methoxy groups -OCH3 is 1. The van der Waals surface area contributed by atoms with Crippen LogP contribution in [0.1, 0.15) is 10.5 Å². The van der Waals surface area contributed by atoms with Gasteiger partial charge in [-0.05, 0) is 0 Å². The van der Waals surface area contributed by atoms with E-state index in [-0.39, 0.29) is 5.75 Å². The van der Waals surface area contributed by atoms with Crippen LogP contribution in [-0.4, -0.2) is 28.1 Å². The van der Waals surface area contributed by atoms with Crippen LogP contribution in [0.2, 0.25) is 5.15 Å². The summed E-state index contributed by atoms with van der Waals surface area (Å²) in [5.74, 6) is -1.58. The number of carboxylic acids is 1. The maximum Gasteiger partial charge on any atom is 0.354 e. The van der Waals surface area contributed by atoms with E-state index in [1.807, 2.05) is 0 Å². The number of ether oxygens (including phenoxy) is 1. The molecule has 0 aliphatic rings. The van der Waals surface area contributed by atoms with E-state index in [2.05, 4.69) is 9.72 Å². The van der Waals surface area contributed by atoms with E-state index in [1.54, 1.807) is 0 Å². The van der Waals surface area contributed by atoms with E-state index < -0.39 is 27.4 Å². The summed E-state index contributed by atoms with van der Waals surface area (Å²) in [5, 5.41) is 18.6. The highest BCUT2D eigenvalue weighted by Crippen LogP contribution is 2.33. The number of halogens is 1. The second-order valence-corrected chi connectivity index (χ2v) is 2.77. The third kappa shape index (κ3) is 2.13. The molecule has 1 heterocycles. The molecule has 0 saturated carbocycles. The Hall–Kier alpha value is -1.89. The Morgan fingerprint density at radius 1 is 1.73 bits per heavy atom. The molecule has 1 aromatic rings. The molecule has 0 aliphatic heterocycles. The Morgan fingerprint density at radius 2 is 2.33 bits per heavy atom. The van der Waals surface area contributed by atoms with Gasteiger partial charge in [-0.25, -0.2) is 9.78 Å². The predicted molar refractivity (Wildman–Crippen MR) is 49.4 cm³/mol. The Morgan fingerprint density at radius 3 is 2.73 bits per heavy atom. The van der Waals surface area contributed by atoms with Gasteiger partial charge in [-0.1, -0.05) is 11.6 Å². The Balaban J connectivity index is 3.43. The van der Waals surface area contributed by atoms with Crippen molar-refractivity contribution in [3.05, 3.63) is 27.0 Å². The van der Waals surface area contributed by atoms with Crippen molar-refractivity contribution in [2.45, 2.75) is 0 Å². The normalized spacial score (nSPS) is 9.73. The van der Waals surface area contributed by atoms with Crippen LogP contribution < -0.4 is 4.74 Å². The lowest BCUT2D eigenvalue weighted by molar-refractivity contribution is -0.385. The molecule has 1 aromatic heterocycles. The molecule has 0 aromatic carbocycles. The van der Waals surface area contributed by atoms with Gasteiger partial charge in [-0.2, -0.15) is 0 Å². The number of aromatic nitrogens is 1. The molecule has 1 rings (SSSR count). The number of pyridine rings is 1. The first-order chi connectivity index (χ1) is 6.97. The van der Waals surface area contributed by atoms with Crippen molar-refractivity contribution in [2.24, 2.45) is 0 Å². The molecule has 15 heavy (non-hydrogen) atoms. The van der Waals surface area contributed by atoms with Crippen LogP contribution in [0.3, 0.4) is 0 Å². The van der Waals surface area contributed by atoms with Gasteiger partial charge >= 0.3 is 11.7 Å². The van der Waals surface area contributed by atoms with Crippen LogP contribution in [0.5, 0.6) is 5.75 Å². The van der Waals surface area contributed by atoms with Crippen LogP contribution in [0.15, 0.2) is 6.07 Å². The molecule has 0 bridgehead atoms. The third-order valence-electron chi connectivity index (χ3n) is 1.54. The summed E-state index contributed by atoms with van der Waals surface area (Å²) >= 11 is 5.46. The number of hydrogen-bond acceptors (Lipinski definition) is 5. The smallest absolute Gasteiger partial charge is 0.354 e. The van der Waals surface area contributed by atoms with E-state index >= 15 is 0 Å². The topological polar surface area (TPSA) is 103 Å². The van der Waals surface area contributed by atoms with Crippen LogP contribution in [0.25, 0.3) is 0 Å². The van der Waals surface area contributed by atoms with Crippen molar-refractivity contribution >= 4 is 23.3 Å². The summed E-state index contributed by atoms with van der Waals surface area (Å²) in [7, 11) is 1.17. The molecule has 0 amide bonds. The average molecular weight is 233 g/mol. The van der Waals surface area contributed by atoms with Crippen molar-refractivity contribution in [1.29, 1.82) is 0 Å². The number of nitrogens with zero attached hydrogens (tertiary/aromatic N) is 2. The highest BCUT2D eigenvalue weighted by atomic mass is 35.5. The highest BCUT2D eigenvalue weighted by Gasteiger charge is 2.24. The fourth-order valence-corrected chi connectivity index (χ4v) is 1.17. The maximum atomic E-state index is 10.6. The summed E-state index contributed by atoms with van der Waals surface area (Å²) in [6, 6.07) is 0.937. The molecule has 0 saturated heterocycles. The van der Waals surface area contributed by atoms with Gasteiger partial charge in [0, 0.05) is 6.07 Å². The highest BCUT2D eigenvalue weighted by molar-refractivity contribution is 6.31. The summed E-state index contributed by atoms with van der Waals surface area (Å²) < 4.78 is 4.65. The van der Waals surface area contributed by atoms with Crippen molar-refractivity contribution < 1.29 is 19.6 Å². The van der Waals surface area contributed by atoms with Crippen LogP contribution in [0, 0.1) is 10.1 Å². The van der Waals surface area contributed by atoms with Crippen LogP contribution >= 0.6 is 11.6 Å². The molecular formula is C7H5ClN2O5. The fraction of sp³-hybridized carbons (Fsp3) is 0.143. The fourth-order valence-electron chi connectivity index (χ4n) is 0.916. The number of rotatable bonds is 3. The van der Waals surface area contributed by atoms with E-state index in [0.29, 0.717) is 0 Å². The van der Waals surface area contributed by atoms with Gasteiger partial charge in [0.1, 0.15) is 0 Å². The van der Waals surface area contributed by atoms with Gasteiger partial charge in [0.15, 0.2) is 5.69 Å². The molecule has 0 spiro atoms. The minimum Gasteiger partial charge on any atom is -0.490 e. The zero-order chi connectivity index (χ0) is 11.6. The minimum atomic E-state index is -1.34. The predicted octanol–water partition coefficient (Wildman–Crippen LogP) is 1.35. The lowest BCUT2D eigenvalue weighted by Gasteiger charge is -2.03. The number of nitro groups is 1. The molecule has 0 fully saturated rings. The SMILES string of the molecule is COc1cc(C(=O)O)nc(Cl)c1[N+](=O)[O-]. The molecule has 0 unspecified atom stereocenters. The van der Waals surface area contributed by atoms with E-state index in [0.717, 1.165) is 6.07 Å². The first-order valence-electron chi connectivity index (χ1n) is 3.59. The van der Waals surface area contributed by atoms with E-state index in [4.69, 9.17) is 16.7 Å². The molecule has 0 radical (unpaired) electrons. The monoisotopic (exact) mass is 232 g/mol. The Labute approximate surface area is 88.4 Å². The first-order valence-corrected chi connectivity index (χ1v) is 3.97. The van der Waals surface area contributed by atoms with Gasteiger partial charge in [-0.3, -0.25) is 10.1 Å². The summed E-state index contributed by atoms with van der Waals surface area (Å²) in [6.45, 7) is 0. The lowest BCUT2D eigenvalue weighted by atomic mass is 10.3. The van der Waals surface area contributed by atoms with Crippen molar-refractivity contribution in [3.63, 3.8) is 0 Å². The number of carboxylic acid groups (broad SMARTS) is 1. The molecule has 0 aliphatic carbocycles. The quantitative estimate of drug-likeness (QED) is 0.479. The third-order valence-corrected chi connectivity index (χ3v) is 1.80. The van der Waals surface area contributed by atoms with Crippen molar-refractivity contribution in [2.75, 3.05) is 7.11 Å². The second-order valence-electron chi connectivity index (χ2n) is 2.41. The second kappa shape index (κ2) is 4.09. The van der Waals surface area contributed by atoms with E-state index in [9.17, 15) is 14.9 Å². The summed E-state index contributed by atoms with van der Waals surface area (Å²) in [6.07, 6.45) is 0.